The van der Waals surface area contributed by atoms with E-state index in [9.17, 15) is 28.2 Å². The molecule has 1 fully saturated rings. The van der Waals surface area contributed by atoms with Crippen LogP contribution in [0.5, 0.6) is 0 Å². The van der Waals surface area contributed by atoms with Gasteiger partial charge in [-0.05, 0) is 64.9 Å². The van der Waals surface area contributed by atoms with Crippen LogP contribution in [0.2, 0.25) is 5.02 Å². The van der Waals surface area contributed by atoms with E-state index in [0.29, 0.717) is 21.3 Å². The average Bonchev–Trinajstić information content (AvgIpc) is 3.70. The van der Waals surface area contributed by atoms with Gasteiger partial charge in [0, 0.05) is 10.9 Å². The first-order valence-corrected chi connectivity index (χ1v) is 14.4. The van der Waals surface area contributed by atoms with Crippen molar-refractivity contribution in [2.75, 3.05) is 6.54 Å². The van der Waals surface area contributed by atoms with Crippen molar-refractivity contribution in [3.05, 3.63) is 125 Å². The number of halogens is 1. The predicted octanol–water partition coefficient (Wildman–Crippen LogP) is 5.68. The SMILES string of the molecule is O=C(O)CN([C@]1(C(=O)O)C[C@H]1c1cccc(Cc2ccccc2)c1)S(=O)(=O)c1ccc(-c2ccc(Cl)cc2)cc1. The van der Waals surface area contributed by atoms with Crippen LogP contribution < -0.4 is 0 Å². The predicted molar refractivity (Wildman–Crippen MR) is 152 cm³/mol. The lowest BCUT2D eigenvalue weighted by atomic mass is 9.99. The summed E-state index contributed by atoms with van der Waals surface area (Å²) in [6, 6.07) is 30.1. The van der Waals surface area contributed by atoms with Crippen molar-refractivity contribution in [2.24, 2.45) is 0 Å². The second-order valence-corrected chi connectivity index (χ2v) is 12.1. The molecule has 0 spiro atoms. The summed E-state index contributed by atoms with van der Waals surface area (Å²) in [7, 11) is -4.49. The van der Waals surface area contributed by atoms with Crippen LogP contribution >= 0.6 is 11.6 Å². The summed E-state index contributed by atoms with van der Waals surface area (Å²) < 4.78 is 28.3. The zero-order chi connectivity index (χ0) is 28.5. The van der Waals surface area contributed by atoms with Crippen LogP contribution in [0.4, 0.5) is 0 Å². The van der Waals surface area contributed by atoms with E-state index in [-0.39, 0.29) is 11.3 Å². The van der Waals surface area contributed by atoms with Crippen LogP contribution in [0, 0.1) is 0 Å². The molecule has 2 atom stereocenters. The van der Waals surface area contributed by atoms with E-state index in [1.807, 2.05) is 48.5 Å². The van der Waals surface area contributed by atoms with Crippen LogP contribution in [-0.2, 0) is 26.0 Å². The number of carboxylic acids is 2. The summed E-state index contributed by atoms with van der Waals surface area (Å²) in [5, 5.41) is 20.5. The zero-order valence-corrected chi connectivity index (χ0v) is 22.8. The average molecular weight is 576 g/mol. The topological polar surface area (TPSA) is 112 Å². The molecule has 40 heavy (non-hydrogen) atoms. The molecule has 1 aliphatic rings. The Morgan fingerprint density at radius 2 is 1.43 bits per heavy atom. The van der Waals surface area contributed by atoms with Crippen LogP contribution in [0.25, 0.3) is 11.1 Å². The maximum absolute atomic E-state index is 13.8. The Morgan fingerprint density at radius 1 is 0.825 bits per heavy atom. The van der Waals surface area contributed by atoms with Crippen molar-refractivity contribution in [3.63, 3.8) is 0 Å². The van der Waals surface area contributed by atoms with Crippen LogP contribution in [0.1, 0.15) is 29.0 Å². The largest absolute Gasteiger partial charge is 0.480 e. The highest BCUT2D eigenvalue weighted by Crippen LogP contribution is 2.57. The van der Waals surface area contributed by atoms with Gasteiger partial charge in [-0.25, -0.2) is 8.42 Å². The second kappa shape index (κ2) is 10.9. The number of benzene rings is 4. The molecule has 0 radical (unpaired) electrons. The number of carboxylic acid groups (broad SMARTS) is 2. The number of carbonyl (C=O) groups is 2. The summed E-state index contributed by atoms with van der Waals surface area (Å²) in [6.07, 6.45) is 0.588. The number of nitrogens with zero attached hydrogens (tertiary/aromatic N) is 1. The fourth-order valence-corrected chi connectivity index (χ4v) is 7.02. The van der Waals surface area contributed by atoms with Crippen molar-refractivity contribution >= 4 is 33.6 Å². The number of rotatable bonds is 10. The second-order valence-electron chi connectivity index (χ2n) is 9.83. The van der Waals surface area contributed by atoms with Gasteiger partial charge in [-0.15, -0.1) is 0 Å². The van der Waals surface area contributed by atoms with Crippen molar-refractivity contribution in [3.8, 4) is 11.1 Å². The van der Waals surface area contributed by atoms with Gasteiger partial charge >= 0.3 is 11.9 Å². The minimum absolute atomic E-state index is 0.0352. The van der Waals surface area contributed by atoms with Crippen molar-refractivity contribution in [1.82, 2.24) is 4.31 Å². The van der Waals surface area contributed by atoms with E-state index >= 15 is 0 Å². The summed E-state index contributed by atoms with van der Waals surface area (Å²) in [5.74, 6) is -3.53. The van der Waals surface area contributed by atoms with E-state index in [0.717, 1.165) is 22.3 Å². The molecule has 9 heteroatoms. The van der Waals surface area contributed by atoms with Gasteiger partial charge in [0.1, 0.15) is 12.1 Å². The molecular formula is C31H26ClNO6S. The highest BCUT2D eigenvalue weighted by atomic mass is 35.5. The third kappa shape index (κ3) is 5.38. The fourth-order valence-electron chi connectivity index (χ4n) is 5.17. The molecule has 0 aliphatic heterocycles. The van der Waals surface area contributed by atoms with Crippen LogP contribution in [0.3, 0.4) is 0 Å². The first kappa shape index (κ1) is 27.6. The third-order valence-corrected chi connectivity index (χ3v) is 9.41. The molecule has 0 unspecified atom stereocenters. The molecule has 1 aliphatic carbocycles. The molecule has 204 valence electrons. The molecule has 0 saturated heterocycles. The highest BCUT2D eigenvalue weighted by Gasteiger charge is 2.68. The Labute approximate surface area is 237 Å². The van der Waals surface area contributed by atoms with E-state index in [1.54, 1.807) is 42.5 Å². The Bertz CT molecular complexity index is 1660. The molecular weight excluding hydrogens is 550 g/mol. The molecule has 0 heterocycles. The zero-order valence-electron chi connectivity index (χ0n) is 21.3. The fraction of sp³-hybridized carbons (Fsp3) is 0.161. The Morgan fingerprint density at radius 3 is 2.02 bits per heavy atom. The molecule has 4 aromatic rings. The minimum atomic E-state index is -4.49. The molecule has 1 saturated carbocycles. The lowest BCUT2D eigenvalue weighted by Crippen LogP contribution is -2.50. The molecule has 0 amide bonds. The maximum Gasteiger partial charge on any atom is 0.325 e. The van der Waals surface area contributed by atoms with Crippen molar-refractivity contribution in [2.45, 2.75) is 29.2 Å². The quantitative estimate of drug-likeness (QED) is 0.251. The molecule has 0 aromatic heterocycles. The summed E-state index contributed by atoms with van der Waals surface area (Å²) >= 11 is 5.95. The highest BCUT2D eigenvalue weighted by molar-refractivity contribution is 7.89. The van der Waals surface area contributed by atoms with E-state index < -0.39 is 40.0 Å². The summed E-state index contributed by atoms with van der Waals surface area (Å²) in [4.78, 5) is 24.4. The molecule has 0 bridgehead atoms. The van der Waals surface area contributed by atoms with Crippen molar-refractivity contribution < 1.29 is 28.2 Å². The first-order valence-electron chi connectivity index (χ1n) is 12.6. The van der Waals surface area contributed by atoms with Gasteiger partial charge < -0.3 is 10.2 Å². The molecule has 5 rings (SSSR count). The monoisotopic (exact) mass is 575 g/mol. The van der Waals surface area contributed by atoms with Gasteiger partial charge in [-0.3, -0.25) is 9.59 Å². The van der Waals surface area contributed by atoms with Crippen LogP contribution in [-0.4, -0.2) is 47.0 Å². The number of hydrogen-bond donors (Lipinski definition) is 2. The normalized spacial score (nSPS) is 18.4. The molecule has 4 aromatic carbocycles. The van der Waals surface area contributed by atoms with Gasteiger partial charge in [-0.2, -0.15) is 4.31 Å². The third-order valence-electron chi connectivity index (χ3n) is 7.25. The number of aliphatic carboxylic acids is 2. The maximum atomic E-state index is 13.8. The molecule has 2 N–H and O–H groups in total. The first-order chi connectivity index (χ1) is 19.1. The Balaban J connectivity index is 1.48. The number of sulfonamides is 1. The summed E-state index contributed by atoms with van der Waals surface area (Å²) in [6.45, 7) is -0.978. The van der Waals surface area contributed by atoms with E-state index in [1.165, 1.54) is 12.1 Å². The van der Waals surface area contributed by atoms with Crippen molar-refractivity contribution in [1.29, 1.82) is 0 Å². The standard InChI is InChI=1S/C31H26ClNO6S/c32-26-13-9-23(10-14-26)24-11-15-27(16-12-24)40(38,39)33(20-29(34)35)31(30(36)37)19-28(31)25-8-4-7-22(18-25)17-21-5-2-1-3-6-21/h1-16,18,28H,17,19-20H2,(H,34,35)(H,36,37)/t28-,31+/m0/s1. The van der Waals surface area contributed by atoms with Gasteiger partial charge in [0.15, 0.2) is 0 Å². The Kier molecular flexibility index (Phi) is 7.51. The molecule has 7 nitrogen and oxygen atoms in total. The van der Waals surface area contributed by atoms with Gasteiger partial charge in [0.2, 0.25) is 10.0 Å². The number of hydrogen-bond acceptors (Lipinski definition) is 4. The van der Waals surface area contributed by atoms with Crippen LogP contribution in [0.15, 0.2) is 108 Å². The lowest BCUT2D eigenvalue weighted by Gasteiger charge is -2.28. The van der Waals surface area contributed by atoms with E-state index in [2.05, 4.69) is 0 Å². The van der Waals surface area contributed by atoms with Gasteiger partial charge in [-0.1, -0.05) is 90.5 Å². The Hall–Kier alpha value is -3.98. The lowest BCUT2D eigenvalue weighted by molar-refractivity contribution is -0.145. The summed E-state index contributed by atoms with van der Waals surface area (Å²) in [5.41, 5.74) is 2.30. The van der Waals surface area contributed by atoms with Gasteiger partial charge in [0.25, 0.3) is 0 Å². The smallest absolute Gasteiger partial charge is 0.325 e. The minimum Gasteiger partial charge on any atom is -0.480 e. The van der Waals surface area contributed by atoms with E-state index in [4.69, 9.17) is 11.6 Å². The van der Waals surface area contributed by atoms with Gasteiger partial charge in [0.05, 0.1) is 4.90 Å².